The second-order valence-corrected chi connectivity index (χ2v) is 9.28. The Bertz CT molecular complexity index is 1150. The first kappa shape index (κ1) is 19.0. The van der Waals surface area contributed by atoms with Crippen molar-refractivity contribution in [1.29, 1.82) is 0 Å². The van der Waals surface area contributed by atoms with Gasteiger partial charge in [-0.2, -0.15) is 10.2 Å². The highest BCUT2D eigenvalue weighted by Gasteiger charge is 2.58. The Hall–Kier alpha value is -2.73. The molecule has 0 aromatic carbocycles. The van der Waals surface area contributed by atoms with Crippen LogP contribution in [0.3, 0.4) is 0 Å². The number of alkyl halides is 1. The zero-order valence-corrected chi connectivity index (χ0v) is 17.8. The summed E-state index contributed by atoms with van der Waals surface area (Å²) < 4.78 is 28.3. The second-order valence-electron chi connectivity index (χ2n) is 8.42. The van der Waals surface area contributed by atoms with Gasteiger partial charge in [-0.3, -0.25) is 5.10 Å². The van der Waals surface area contributed by atoms with Gasteiger partial charge in [-0.05, 0) is 41.1 Å². The van der Waals surface area contributed by atoms with E-state index in [1.807, 2.05) is 0 Å². The van der Waals surface area contributed by atoms with Gasteiger partial charge in [0, 0.05) is 24.0 Å². The first-order valence-corrected chi connectivity index (χ1v) is 10.8. The molecule has 1 aliphatic heterocycles. The Morgan fingerprint density at radius 1 is 1.42 bits per heavy atom. The Labute approximate surface area is 184 Å². The maximum atomic E-state index is 15.0. The molecule has 7 rings (SSSR count). The number of ether oxygens (including phenoxy) is 2. The molecule has 162 valence electrons. The standard InChI is InChI=1S/C19H19BrFN7O3/c20-10-7-23-28-2-1-22-17(15(10)28)24-13-3-11(26-27-13)16-14(21)12(8-30-16)31-18(29)25-19-4-9(5-19)6-19/h1-3,7,9,12,14,16H,4-6,8H2,(H,25,29)(H2,22,24,26,27)/t9?,12-,14+,16-,19?/m0/s1. The van der Waals surface area contributed by atoms with Gasteiger partial charge >= 0.3 is 6.09 Å². The largest absolute Gasteiger partial charge is 0.441 e. The number of fused-ring (bicyclic) bond motifs is 1. The van der Waals surface area contributed by atoms with E-state index in [4.69, 9.17) is 9.47 Å². The monoisotopic (exact) mass is 491 g/mol. The Morgan fingerprint density at radius 3 is 3.03 bits per heavy atom. The summed E-state index contributed by atoms with van der Waals surface area (Å²) in [6.45, 7) is -0.0136. The smallest absolute Gasteiger partial charge is 0.408 e. The normalized spacial score (nSPS) is 31.2. The van der Waals surface area contributed by atoms with Crippen LogP contribution < -0.4 is 10.6 Å². The Morgan fingerprint density at radius 2 is 2.26 bits per heavy atom. The summed E-state index contributed by atoms with van der Waals surface area (Å²) in [6, 6.07) is 1.65. The lowest BCUT2D eigenvalue weighted by Crippen LogP contribution is -2.68. The minimum absolute atomic E-state index is 0.0136. The molecular weight excluding hydrogens is 473 g/mol. The first-order valence-electron chi connectivity index (χ1n) is 10.0. The predicted molar refractivity (Wildman–Crippen MR) is 110 cm³/mol. The van der Waals surface area contributed by atoms with E-state index in [2.05, 4.69) is 46.8 Å². The lowest BCUT2D eigenvalue weighted by atomic mass is 9.50. The molecule has 3 aromatic rings. The molecule has 4 fully saturated rings. The summed E-state index contributed by atoms with van der Waals surface area (Å²) in [5.74, 6) is 1.72. The van der Waals surface area contributed by atoms with Crippen LogP contribution in [0.15, 0.2) is 29.1 Å². The molecule has 3 aromatic heterocycles. The van der Waals surface area contributed by atoms with Crippen LogP contribution in [-0.4, -0.2) is 55.3 Å². The molecule has 4 aliphatic rings. The SMILES string of the molecule is O=C(NC12CC(C1)C2)O[C@H]1CO[C@@H](c2cc(Nc3nccn4ncc(Br)c34)n[nH]2)[C@@H]1F. The molecule has 0 spiro atoms. The predicted octanol–water partition coefficient (Wildman–Crippen LogP) is 3.02. The molecule has 1 amide bonds. The van der Waals surface area contributed by atoms with Crippen molar-refractivity contribution in [2.45, 2.75) is 43.2 Å². The maximum Gasteiger partial charge on any atom is 0.408 e. The Balaban J connectivity index is 1.12. The lowest BCUT2D eigenvalue weighted by Gasteiger charge is -2.61. The number of aromatic amines is 1. The highest BCUT2D eigenvalue weighted by atomic mass is 79.9. The van der Waals surface area contributed by atoms with E-state index in [9.17, 15) is 9.18 Å². The third-order valence-corrected chi connectivity index (χ3v) is 6.87. The number of aromatic nitrogens is 5. The molecule has 3 N–H and O–H groups in total. The number of alkyl carbamates (subject to hydrolysis) is 1. The zero-order chi connectivity index (χ0) is 21.2. The number of nitrogens with one attached hydrogen (secondary N) is 3. The van der Waals surface area contributed by atoms with Gasteiger partial charge in [-0.15, -0.1) is 0 Å². The van der Waals surface area contributed by atoms with Crippen molar-refractivity contribution in [3.8, 4) is 0 Å². The number of anilines is 2. The molecule has 3 aliphatic carbocycles. The van der Waals surface area contributed by atoms with E-state index in [1.165, 1.54) is 0 Å². The van der Waals surface area contributed by atoms with E-state index < -0.39 is 24.5 Å². The van der Waals surface area contributed by atoms with E-state index in [0.717, 1.165) is 35.2 Å². The number of H-pyrrole nitrogens is 1. The first-order chi connectivity index (χ1) is 15.0. The summed E-state index contributed by atoms with van der Waals surface area (Å²) in [5.41, 5.74) is 1.08. The highest BCUT2D eigenvalue weighted by Crippen LogP contribution is 2.57. The molecule has 4 heterocycles. The van der Waals surface area contributed by atoms with Crippen LogP contribution in [0, 0.1) is 5.92 Å². The van der Waals surface area contributed by atoms with Crippen molar-refractivity contribution in [2.75, 3.05) is 11.9 Å². The molecule has 1 saturated heterocycles. The van der Waals surface area contributed by atoms with Crippen molar-refractivity contribution >= 4 is 39.2 Å². The summed E-state index contributed by atoms with van der Waals surface area (Å²) in [5, 5.41) is 17.2. The number of amides is 1. The lowest BCUT2D eigenvalue weighted by molar-refractivity contribution is -0.0528. The van der Waals surface area contributed by atoms with Gasteiger partial charge in [-0.1, -0.05) is 0 Å². The molecule has 10 nitrogen and oxygen atoms in total. The van der Waals surface area contributed by atoms with Gasteiger partial charge in [0.05, 0.1) is 23.0 Å². The average molecular weight is 492 g/mol. The van der Waals surface area contributed by atoms with E-state index >= 15 is 0 Å². The fourth-order valence-corrected chi connectivity index (χ4v) is 5.08. The molecule has 3 saturated carbocycles. The number of carbonyl (C=O) groups excluding carboxylic acids is 1. The van der Waals surface area contributed by atoms with Crippen molar-refractivity contribution < 1.29 is 18.7 Å². The number of rotatable bonds is 5. The van der Waals surface area contributed by atoms with E-state index in [0.29, 0.717) is 17.3 Å². The molecule has 0 unspecified atom stereocenters. The quantitative estimate of drug-likeness (QED) is 0.501. The third kappa shape index (κ3) is 3.16. The molecular formula is C19H19BrFN7O3. The summed E-state index contributed by atoms with van der Waals surface area (Å²) in [4.78, 5) is 16.5. The fourth-order valence-electron chi connectivity index (χ4n) is 4.62. The average Bonchev–Trinajstić information content (AvgIpc) is 3.39. The highest BCUT2D eigenvalue weighted by molar-refractivity contribution is 9.10. The van der Waals surface area contributed by atoms with Gasteiger partial charge < -0.3 is 20.1 Å². The summed E-state index contributed by atoms with van der Waals surface area (Å²) in [7, 11) is 0. The van der Waals surface area contributed by atoms with Gasteiger partial charge in [0.2, 0.25) is 0 Å². The van der Waals surface area contributed by atoms with Crippen molar-refractivity contribution in [3.05, 3.63) is 34.8 Å². The van der Waals surface area contributed by atoms with Crippen molar-refractivity contribution in [3.63, 3.8) is 0 Å². The molecule has 0 radical (unpaired) electrons. The number of nitrogens with zero attached hydrogens (tertiary/aromatic N) is 4. The van der Waals surface area contributed by atoms with Crippen LogP contribution in [0.4, 0.5) is 20.8 Å². The minimum atomic E-state index is -1.50. The number of halogens is 2. The zero-order valence-electron chi connectivity index (χ0n) is 16.2. The van der Waals surface area contributed by atoms with Crippen LogP contribution in [-0.2, 0) is 9.47 Å². The second kappa shape index (κ2) is 6.89. The van der Waals surface area contributed by atoms with Gasteiger partial charge in [0.15, 0.2) is 23.9 Å². The fraction of sp³-hybridized carbons (Fsp3) is 0.474. The van der Waals surface area contributed by atoms with E-state index in [1.54, 1.807) is 29.2 Å². The van der Waals surface area contributed by atoms with Crippen LogP contribution >= 0.6 is 15.9 Å². The van der Waals surface area contributed by atoms with Crippen LogP contribution in [0.5, 0.6) is 0 Å². The third-order valence-electron chi connectivity index (χ3n) is 6.29. The van der Waals surface area contributed by atoms with Gasteiger partial charge in [0.1, 0.15) is 11.6 Å². The van der Waals surface area contributed by atoms with E-state index in [-0.39, 0.29) is 12.1 Å². The number of hydrogen-bond acceptors (Lipinski definition) is 7. The summed E-state index contributed by atoms with van der Waals surface area (Å²) in [6.07, 6.45) is 4.04. The van der Waals surface area contributed by atoms with Gasteiger partial charge in [-0.25, -0.2) is 18.7 Å². The minimum Gasteiger partial charge on any atom is -0.441 e. The summed E-state index contributed by atoms with van der Waals surface area (Å²) >= 11 is 3.45. The Kier molecular flexibility index (Phi) is 4.22. The molecule has 3 atom stereocenters. The van der Waals surface area contributed by atoms with Crippen LogP contribution in [0.1, 0.15) is 31.1 Å². The maximum absolute atomic E-state index is 15.0. The number of carbonyl (C=O) groups is 1. The van der Waals surface area contributed by atoms with Gasteiger partial charge in [0.25, 0.3) is 0 Å². The van der Waals surface area contributed by atoms with Crippen molar-refractivity contribution in [1.82, 2.24) is 30.1 Å². The van der Waals surface area contributed by atoms with Crippen LogP contribution in [0.25, 0.3) is 5.52 Å². The molecule has 2 bridgehead atoms. The topological polar surface area (TPSA) is 118 Å². The van der Waals surface area contributed by atoms with Crippen molar-refractivity contribution in [2.24, 2.45) is 5.92 Å². The van der Waals surface area contributed by atoms with Crippen LogP contribution in [0.2, 0.25) is 0 Å². The molecule has 31 heavy (non-hydrogen) atoms. The number of hydrogen-bond donors (Lipinski definition) is 3. The molecule has 12 heteroatoms.